The third-order valence-corrected chi connectivity index (χ3v) is 2.63. The lowest BCUT2D eigenvalue weighted by atomic mass is 10.2. The van der Waals surface area contributed by atoms with Crippen LogP contribution in [0, 0.1) is 0 Å². The fraction of sp³-hybridized carbons (Fsp3) is 0.273. The van der Waals surface area contributed by atoms with Crippen LogP contribution in [0.15, 0.2) is 30.3 Å². The quantitative estimate of drug-likeness (QED) is 0.671. The highest BCUT2D eigenvalue weighted by atomic mass is 79.9. The number of nitrogens with one attached hydrogen (secondary N) is 1. The second-order valence-electron chi connectivity index (χ2n) is 3.07. The van der Waals surface area contributed by atoms with Gasteiger partial charge < -0.3 is 10.1 Å². The highest BCUT2D eigenvalue weighted by Crippen LogP contribution is 2.01. The molecule has 0 bridgehead atoms. The molecule has 0 saturated heterocycles. The van der Waals surface area contributed by atoms with Gasteiger partial charge in [-0.2, -0.15) is 0 Å². The summed E-state index contributed by atoms with van der Waals surface area (Å²) in [4.78, 5) is 22.9. The number of amides is 1. The van der Waals surface area contributed by atoms with Crippen LogP contribution in [0.3, 0.4) is 0 Å². The maximum absolute atomic E-state index is 11.7. The van der Waals surface area contributed by atoms with Gasteiger partial charge >= 0.3 is 5.97 Å². The van der Waals surface area contributed by atoms with Gasteiger partial charge in [0.2, 0.25) is 0 Å². The average molecular weight is 286 g/mol. The molecule has 5 heteroatoms. The van der Waals surface area contributed by atoms with Crippen molar-refractivity contribution in [1.29, 1.82) is 0 Å². The van der Waals surface area contributed by atoms with Crippen molar-refractivity contribution in [3.63, 3.8) is 0 Å². The molecule has 0 aliphatic heterocycles. The van der Waals surface area contributed by atoms with Crippen LogP contribution in [0.4, 0.5) is 0 Å². The van der Waals surface area contributed by atoms with E-state index in [1.165, 1.54) is 7.11 Å². The minimum absolute atomic E-state index is 0.296. The van der Waals surface area contributed by atoms with E-state index in [0.29, 0.717) is 10.9 Å². The van der Waals surface area contributed by atoms with Crippen molar-refractivity contribution < 1.29 is 14.3 Å². The Morgan fingerprint density at radius 3 is 2.50 bits per heavy atom. The Labute approximate surface area is 102 Å². The zero-order chi connectivity index (χ0) is 12.0. The topological polar surface area (TPSA) is 55.4 Å². The summed E-state index contributed by atoms with van der Waals surface area (Å²) in [6, 6.07) is 8.03. The van der Waals surface area contributed by atoms with E-state index in [4.69, 9.17) is 0 Å². The molecule has 0 aliphatic rings. The average Bonchev–Trinajstić information content (AvgIpc) is 2.35. The van der Waals surface area contributed by atoms with E-state index < -0.39 is 12.0 Å². The Bertz CT molecular complexity index is 367. The molecule has 0 radical (unpaired) electrons. The minimum atomic E-state index is -0.669. The molecule has 0 saturated carbocycles. The normalized spacial score (nSPS) is 11.6. The number of rotatable bonds is 4. The third-order valence-electron chi connectivity index (χ3n) is 1.98. The van der Waals surface area contributed by atoms with E-state index in [-0.39, 0.29) is 5.91 Å². The lowest BCUT2D eigenvalue weighted by Crippen LogP contribution is -2.42. The lowest BCUT2D eigenvalue weighted by Gasteiger charge is -2.13. The van der Waals surface area contributed by atoms with Gasteiger partial charge in [-0.1, -0.05) is 34.1 Å². The van der Waals surface area contributed by atoms with Crippen molar-refractivity contribution in [3.8, 4) is 0 Å². The van der Waals surface area contributed by atoms with E-state index >= 15 is 0 Å². The van der Waals surface area contributed by atoms with Gasteiger partial charge in [-0.25, -0.2) is 4.79 Å². The van der Waals surface area contributed by atoms with Crippen LogP contribution in [-0.4, -0.2) is 30.4 Å². The number of alkyl halides is 1. The molecule has 4 nitrogen and oxygen atoms in total. The summed E-state index contributed by atoms with van der Waals surface area (Å²) in [5, 5.41) is 2.89. The first-order valence-electron chi connectivity index (χ1n) is 4.68. The smallest absolute Gasteiger partial charge is 0.329 e. The standard InChI is InChI=1S/C11H12BrNO3/c1-16-11(15)9(7-12)13-10(14)8-5-3-2-4-6-8/h2-6,9H,7H2,1H3,(H,13,14)/t9-/m0/s1. The Balaban J connectivity index is 2.66. The Morgan fingerprint density at radius 2 is 2.00 bits per heavy atom. The Kier molecular flexibility index (Phi) is 4.98. The van der Waals surface area contributed by atoms with Crippen molar-refractivity contribution >= 4 is 27.8 Å². The first-order valence-corrected chi connectivity index (χ1v) is 5.81. The molecule has 0 spiro atoms. The minimum Gasteiger partial charge on any atom is -0.467 e. The van der Waals surface area contributed by atoms with Crippen molar-refractivity contribution in [1.82, 2.24) is 5.32 Å². The maximum atomic E-state index is 11.7. The molecule has 86 valence electrons. The molecule has 16 heavy (non-hydrogen) atoms. The van der Waals surface area contributed by atoms with Crippen molar-refractivity contribution in [3.05, 3.63) is 35.9 Å². The number of esters is 1. The van der Waals surface area contributed by atoms with Crippen molar-refractivity contribution in [2.24, 2.45) is 0 Å². The lowest BCUT2D eigenvalue weighted by molar-refractivity contribution is -0.142. The predicted octanol–water partition coefficient (Wildman–Crippen LogP) is 1.35. The largest absolute Gasteiger partial charge is 0.467 e. The molecule has 0 aromatic heterocycles. The fourth-order valence-electron chi connectivity index (χ4n) is 1.13. The molecule has 1 rings (SSSR count). The molecule has 1 N–H and O–H groups in total. The summed E-state index contributed by atoms with van der Waals surface area (Å²) < 4.78 is 4.56. The zero-order valence-corrected chi connectivity index (χ0v) is 10.4. The van der Waals surface area contributed by atoms with Crippen molar-refractivity contribution in [2.75, 3.05) is 12.4 Å². The number of carbonyl (C=O) groups is 2. The number of hydrogen-bond acceptors (Lipinski definition) is 3. The SMILES string of the molecule is COC(=O)[C@H](CBr)NC(=O)c1ccccc1. The number of methoxy groups -OCH3 is 1. The van der Waals surface area contributed by atoms with Gasteiger partial charge in [0.1, 0.15) is 6.04 Å². The van der Waals surface area contributed by atoms with Gasteiger partial charge in [0.25, 0.3) is 5.91 Å². The Hall–Kier alpha value is -1.36. The zero-order valence-electron chi connectivity index (χ0n) is 8.77. The number of hydrogen-bond donors (Lipinski definition) is 1. The van der Waals surface area contributed by atoms with E-state index in [1.807, 2.05) is 6.07 Å². The van der Waals surface area contributed by atoms with Crippen LogP contribution in [0.25, 0.3) is 0 Å². The molecular formula is C11H12BrNO3. The summed E-state index contributed by atoms with van der Waals surface area (Å²) in [5.74, 6) is -0.767. The monoisotopic (exact) mass is 285 g/mol. The van der Waals surface area contributed by atoms with Gasteiger partial charge in [0.15, 0.2) is 0 Å². The summed E-state index contributed by atoms with van der Waals surface area (Å²) in [7, 11) is 1.28. The second-order valence-corrected chi connectivity index (χ2v) is 3.72. The number of ether oxygens (including phenoxy) is 1. The van der Waals surface area contributed by atoms with Crippen LogP contribution < -0.4 is 5.32 Å². The summed E-state index contributed by atoms with van der Waals surface area (Å²) >= 11 is 3.14. The molecular weight excluding hydrogens is 274 g/mol. The highest BCUT2D eigenvalue weighted by Gasteiger charge is 2.20. The molecule has 0 fully saturated rings. The van der Waals surface area contributed by atoms with Crippen LogP contribution in [-0.2, 0) is 9.53 Å². The van der Waals surface area contributed by atoms with Crippen LogP contribution in [0.2, 0.25) is 0 Å². The summed E-state index contributed by atoms with van der Waals surface area (Å²) in [6.45, 7) is 0. The summed E-state index contributed by atoms with van der Waals surface area (Å²) in [5.41, 5.74) is 0.511. The second kappa shape index (κ2) is 6.27. The first-order chi connectivity index (χ1) is 7.69. The Morgan fingerprint density at radius 1 is 1.38 bits per heavy atom. The van der Waals surface area contributed by atoms with Crippen LogP contribution in [0.5, 0.6) is 0 Å². The van der Waals surface area contributed by atoms with Gasteiger partial charge in [-0.3, -0.25) is 4.79 Å². The third kappa shape index (κ3) is 3.34. The molecule has 1 amide bonds. The van der Waals surface area contributed by atoms with E-state index in [1.54, 1.807) is 24.3 Å². The van der Waals surface area contributed by atoms with Gasteiger partial charge in [0.05, 0.1) is 7.11 Å². The number of halogens is 1. The van der Waals surface area contributed by atoms with E-state index in [0.717, 1.165) is 0 Å². The maximum Gasteiger partial charge on any atom is 0.329 e. The molecule has 0 heterocycles. The van der Waals surface area contributed by atoms with E-state index in [9.17, 15) is 9.59 Å². The van der Waals surface area contributed by atoms with Gasteiger partial charge in [-0.05, 0) is 12.1 Å². The predicted molar refractivity (Wildman–Crippen MR) is 63.5 cm³/mol. The van der Waals surface area contributed by atoms with E-state index in [2.05, 4.69) is 26.0 Å². The van der Waals surface area contributed by atoms with Crippen molar-refractivity contribution in [2.45, 2.75) is 6.04 Å². The van der Waals surface area contributed by atoms with Crippen LogP contribution >= 0.6 is 15.9 Å². The number of benzene rings is 1. The molecule has 1 aromatic rings. The van der Waals surface area contributed by atoms with Gasteiger partial charge in [-0.15, -0.1) is 0 Å². The molecule has 0 aliphatic carbocycles. The fourth-order valence-corrected chi connectivity index (χ4v) is 1.56. The summed E-state index contributed by atoms with van der Waals surface area (Å²) in [6.07, 6.45) is 0. The molecule has 0 unspecified atom stereocenters. The van der Waals surface area contributed by atoms with Gasteiger partial charge in [0, 0.05) is 10.9 Å². The molecule has 1 aromatic carbocycles. The molecule has 1 atom stereocenters. The number of carbonyl (C=O) groups excluding carboxylic acids is 2. The first kappa shape index (κ1) is 12.7. The van der Waals surface area contributed by atoms with Crippen LogP contribution in [0.1, 0.15) is 10.4 Å². The highest BCUT2D eigenvalue weighted by molar-refractivity contribution is 9.09.